The molecule has 18 heavy (non-hydrogen) atoms. The average molecular weight is 264 g/mol. The number of halogens is 1. The number of hydrogen-bond acceptors (Lipinski definition) is 3. The Balaban J connectivity index is 2.83. The van der Waals surface area contributed by atoms with Crippen molar-refractivity contribution in [2.45, 2.75) is 13.5 Å². The van der Waals surface area contributed by atoms with Crippen LogP contribution in [-0.4, -0.2) is 26.1 Å². The van der Waals surface area contributed by atoms with E-state index < -0.39 is 0 Å². The van der Waals surface area contributed by atoms with E-state index in [2.05, 4.69) is 28.2 Å². The van der Waals surface area contributed by atoms with Crippen LogP contribution in [0.3, 0.4) is 0 Å². The molecular weight excluding hydrogens is 246 g/mol. The Bertz CT molecular complexity index is 579. The lowest BCUT2D eigenvalue weighted by molar-refractivity contribution is 0.788. The highest BCUT2D eigenvalue weighted by molar-refractivity contribution is 6.35. The third-order valence-corrected chi connectivity index (χ3v) is 3.37. The predicted molar refractivity (Wildman–Crippen MR) is 78.6 cm³/mol. The van der Waals surface area contributed by atoms with Crippen molar-refractivity contribution in [3.05, 3.63) is 34.5 Å². The quantitative estimate of drug-likeness (QED) is 0.923. The fourth-order valence-corrected chi connectivity index (χ4v) is 2.51. The van der Waals surface area contributed by atoms with Crippen molar-refractivity contribution in [1.82, 2.24) is 10.3 Å². The summed E-state index contributed by atoms with van der Waals surface area (Å²) in [4.78, 5) is 6.81. The Morgan fingerprint density at radius 3 is 2.67 bits per heavy atom. The van der Waals surface area contributed by atoms with E-state index in [9.17, 15) is 0 Å². The zero-order chi connectivity index (χ0) is 13.3. The summed E-state index contributed by atoms with van der Waals surface area (Å²) in [6.07, 6.45) is 0. The number of benzene rings is 1. The average Bonchev–Trinajstić information content (AvgIpc) is 2.31. The number of anilines is 1. The molecule has 1 heterocycles. The number of fused-ring (bicyclic) bond motifs is 1. The molecule has 0 amide bonds. The molecule has 2 rings (SSSR count). The van der Waals surface area contributed by atoms with Crippen molar-refractivity contribution >= 4 is 28.2 Å². The molecule has 1 aromatic heterocycles. The molecule has 0 bridgehead atoms. The van der Waals surface area contributed by atoms with Crippen LogP contribution < -0.4 is 10.2 Å². The maximum absolute atomic E-state index is 6.26. The van der Waals surface area contributed by atoms with Gasteiger partial charge in [-0.15, -0.1) is 0 Å². The van der Waals surface area contributed by atoms with Crippen molar-refractivity contribution < 1.29 is 0 Å². The minimum Gasteiger partial charge on any atom is -0.377 e. The van der Waals surface area contributed by atoms with E-state index in [1.807, 2.05) is 33.3 Å². The Hall–Kier alpha value is -1.32. The van der Waals surface area contributed by atoms with Gasteiger partial charge < -0.3 is 10.2 Å². The van der Waals surface area contributed by atoms with Gasteiger partial charge in [0, 0.05) is 26.0 Å². The van der Waals surface area contributed by atoms with Crippen LogP contribution in [0.1, 0.15) is 11.3 Å². The molecule has 0 aliphatic heterocycles. The number of nitrogens with one attached hydrogen (secondary N) is 1. The highest BCUT2D eigenvalue weighted by atomic mass is 35.5. The molecule has 0 aliphatic rings. The first-order chi connectivity index (χ1) is 8.56. The predicted octanol–water partition coefficient (Wildman–Crippen LogP) is 2.98. The Morgan fingerprint density at radius 2 is 2.06 bits per heavy atom. The van der Waals surface area contributed by atoms with Gasteiger partial charge in [-0.2, -0.15) is 0 Å². The molecule has 1 aromatic carbocycles. The second-order valence-corrected chi connectivity index (χ2v) is 5.00. The van der Waals surface area contributed by atoms with Gasteiger partial charge in [-0.25, -0.2) is 4.98 Å². The van der Waals surface area contributed by atoms with E-state index in [4.69, 9.17) is 11.6 Å². The van der Waals surface area contributed by atoms with E-state index in [1.165, 1.54) is 11.3 Å². The lowest BCUT2D eigenvalue weighted by Crippen LogP contribution is -2.15. The summed E-state index contributed by atoms with van der Waals surface area (Å²) in [5.74, 6) is 0. The molecule has 2 aromatic rings. The molecular formula is C14H18ClN3. The summed E-state index contributed by atoms with van der Waals surface area (Å²) in [6.45, 7) is 2.85. The molecule has 0 saturated carbocycles. The fourth-order valence-electron chi connectivity index (χ4n) is 2.29. The van der Waals surface area contributed by atoms with E-state index in [0.717, 1.165) is 23.1 Å². The van der Waals surface area contributed by atoms with E-state index >= 15 is 0 Å². The van der Waals surface area contributed by atoms with Gasteiger partial charge in [-0.1, -0.05) is 23.7 Å². The van der Waals surface area contributed by atoms with Gasteiger partial charge >= 0.3 is 0 Å². The molecule has 0 radical (unpaired) electrons. The molecule has 0 aliphatic carbocycles. The fraction of sp³-hybridized carbons (Fsp3) is 0.357. The highest BCUT2D eigenvalue weighted by Crippen LogP contribution is 2.33. The summed E-state index contributed by atoms with van der Waals surface area (Å²) < 4.78 is 0. The van der Waals surface area contributed by atoms with Crippen molar-refractivity contribution in [1.29, 1.82) is 0 Å². The Morgan fingerprint density at radius 1 is 1.33 bits per heavy atom. The third-order valence-electron chi connectivity index (χ3n) is 3.07. The molecule has 4 heteroatoms. The first-order valence-corrected chi connectivity index (χ1v) is 6.33. The summed E-state index contributed by atoms with van der Waals surface area (Å²) >= 11 is 6.26. The standard InChI is InChI=1S/C14H18ClN3/c1-9-12(8-16-2)17-13-10(14(9)18(3)4)6-5-7-11(13)15/h5-7,16H,8H2,1-4H3. The first-order valence-electron chi connectivity index (χ1n) is 5.96. The summed E-state index contributed by atoms with van der Waals surface area (Å²) in [5, 5.41) is 4.95. The Labute approximate surface area is 113 Å². The van der Waals surface area contributed by atoms with Crippen LogP contribution in [-0.2, 0) is 6.54 Å². The number of nitrogens with zero attached hydrogens (tertiary/aromatic N) is 2. The molecule has 1 N–H and O–H groups in total. The van der Waals surface area contributed by atoms with Crippen molar-refractivity contribution in [3.8, 4) is 0 Å². The van der Waals surface area contributed by atoms with E-state index in [0.29, 0.717) is 5.02 Å². The zero-order valence-electron chi connectivity index (χ0n) is 11.2. The normalized spacial score (nSPS) is 10.9. The SMILES string of the molecule is CNCc1nc2c(Cl)cccc2c(N(C)C)c1C. The smallest absolute Gasteiger partial charge is 0.0913 e. The first kappa shape index (κ1) is 13.1. The highest BCUT2D eigenvalue weighted by Gasteiger charge is 2.14. The molecule has 0 spiro atoms. The number of hydrogen-bond donors (Lipinski definition) is 1. The van der Waals surface area contributed by atoms with Crippen LogP contribution in [0.5, 0.6) is 0 Å². The van der Waals surface area contributed by atoms with Crippen molar-refractivity contribution in [2.75, 3.05) is 26.0 Å². The van der Waals surface area contributed by atoms with Gasteiger partial charge in [-0.3, -0.25) is 0 Å². The van der Waals surface area contributed by atoms with Crippen molar-refractivity contribution in [3.63, 3.8) is 0 Å². The van der Waals surface area contributed by atoms with E-state index in [1.54, 1.807) is 0 Å². The summed E-state index contributed by atoms with van der Waals surface area (Å²) in [5.41, 5.74) is 4.30. The lowest BCUT2D eigenvalue weighted by Gasteiger charge is -2.21. The van der Waals surface area contributed by atoms with Crippen LogP contribution >= 0.6 is 11.6 Å². The van der Waals surface area contributed by atoms with Crippen LogP contribution in [0.4, 0.5) is 5.69 Å². The van der Waals surface area contributed by atoms with Crippen LogP contribution in [0, 0.1) is 6.92 Å². The molecule has 0 saturated heterocycles. The number of rotatable bonds is 3. The third kappa shape index (κ3) is 2.16. The molecule has 96 valence electrons. The minimum atomic E-state index is 0.702. The second-order valence-electron chi connectivity index (χ2n) is 4.59. The van der Waals surface area contributed by atoms with Crippen molar-refractivity contribution in [2.24, 2.45) is 0 Å². The molecule has 3 nitrogen and oxygen atoms in total. The van der Waals surface area contributed by atoms with Crippen LogP contribution in [0.2, 0.25) is 5.02 Å². The monoisotopic (exact) mass is 263 g/mol. The topological polar surface area (TPSA) is 28.2 Å². The largest absolute Gasteiger partial charge is 0.377 e. The number of aromatic nitrogens is 1. The zero-order valence-corrected chi connectivity index (χ0v) is 12.0. The van der Waals surface area contributed by atoms with Gasteiger partial charge in [0.15, 0.2) is 0 Å². The van der Waals surface area contributed by atoms with Gasteiger partial charge in [0.1, 0.15) is 0 Å². The summed E-state index contributed by atoms with van der Waals surface area (Å²) in [6, 6.07) is 5.92. The van der Waals surface area contributed by atoms with Crippen LogP contribution in [0.15, 0.2) is 18.2 Å². The molecule has 0 fully saturated rings. The minimum absolute atomic E-state index is 0.702. The number of pyridine rings is 1. The Kier molecular flexibility index (Phi) is 3.73. The van der Waals surface area contributed by atoms with Crippen LogP contribution in [0.25, 0.3) is 10.9 Å². The molecule has 0 atom stereocenters. The number of para-hydroxylation sites is 1. The van der Waals surface area contributed by atoms with E-state index in [-0.39, 0.29) is 0 Å². The second kappa shape index (κ2) is 5.12. The lowest BCUT2D eigenvalue weighted by atomic mass is 10.1. The van der Waals surface area contributed by atoms with Gasteiger partial charge in [-0.05, 0) is 25.6 Å². The van der Waals surface area contributed by atoms with Gasteiger partial charge in [0.2, 0.25) is 0 Å². The maximum Gasteiger partial charge on any atom is 0.0913 e. The maximum atomic E-state index is 6.26. The van der Waals surface area contributed by atoms with Gasteiger partial charge in [0.25, 0.3) is 0 Å². The summed E-state index contributed by atoms with van der Waals surface area (Å²) in [7, 11) is 6.02. The van der Waals surface area contributed by atoms with Gasteiger partial charge in [0.05, 0.1) is 21.9 Å². The molecule has 0 unspecified atom stereocenters.